The van der Waals surface area contributed by atoms with Gasteiger partial charge in [0.2, 0.25) is 5.91 Å². The summed E-state index contributed by atoms with van der Waals surface area (Å²) < 4.78 is 4.90. The lowest BCUT2D eigenvalue weighted by Gasteiger charge is -2.29. The fourth-order valence-electron chi connectivity index (χ4n) is 1.42. The van der Waals surface area contributed by atoms with E-state index in [-0.39, 0.29) is 11.4 Å². The van der Waals surface area contributed by atoms with Gasteiger partial charge in [-0.1, -0.05) is 6.92 Å². The molecule has 0 aromatic heterocycles. The monoisotopic (exact) mass is 216 g/mol. The van der Waals surface area contributed by atoms with Crippen LogP contribution in [0.1, 0.15) is 39.5 Å². The van der Waals surface area contributed by atoms with Crippen LogP contribution in [0.25, 0.3) is 0 Å². The van der Waals surface area contributed by atoms with E-state index in [2.05, 4.69) is 12.2 Å². The zero-order valence-electron chi connectivity index (χ0n) is 10.1. The Morgan fingerprint density at radius 1 is 1.53 bits per heavy atom. The van der Waals surface area contributed by atoms with Crippen LogP contribution in [-0.4, -0.2) is 31.7 Å². The molecule has 0 aliphatic carbocycles. The van der Waals surface area contributed by atoms with Crippen molar-refractivity contribution < 1.29 is 9.53 Å². The van der Waals surface area contributed by atoms with Gasteiger partial charge in [0, 0.05) is 25.7 Å². The van der Waals surface area contributed by atoms with Crippen molar-refractivity contribution in [3.05, 3.63) is 0 Å². The maximum atomic E-state index is 11.6. The Labute approximate surface area is 92.6 Å². The molecular formula is C11H24N2O2. The Hall–Kier alpha value is -0.610. The number of hydrogen-bond acceptors (Lipinski definition) is 3. The minimum absolute atomic E-state index is 0.0878. The van der Waals surface area contributed by atoms with Crippen molar-refractivity contribution >= 4 is 5.91 Å². The van der Waals surface area contributed by atoms with Crippen LogP contribution in [0.4, 0.5) is 0 Å². The first-order valence-corrected chi connectivity index (χ1v) is 5.58. The van der Waals surface area contributed by atoms with Crippen LogP contribution < -0.4 is 11.1 Å². The molecule has 0 fully saturated rings. The molecule has 0 aliphatic rings. The van der Waals surface area contributed by atoms with Crippen molar-refractivity contribution in [2.75, 3.05) is 20.3 Å². The number of carbonyl (C=O) groups is 1. The molecule has 0 heterocycles. The molecule has 0 aromatic carbocycles. The Morgan fingerprint density at radius 2 is 2.20 bits per heavy atom. The second-order valence-corrected chi connectivity index (χ2v) is 4.10. The maximum Gasteiger partial charge on any atom is 0.220 e. The molecule has 0 spiro atoms. The van der Waals surface area contributed by atoms with Gasteiger partial charge in [-0.2, -0.15) is 0 Å². The summed E-state index contributed by atoms with van der Waals surface area (Å²) >= 11 is 0. The molecule has 0 aromatic rings. The van der Waals surface area contributed by atoms with Gasteiger partial charge in [0.25, 0.3) is 0 Å². The first-order valence-electron chi connectivity index (χ1n) is 5.58. The highest BCUT2D eigenvalue weighted by Crippen LogP contribution is 2.13. The zero-order valence-corrected chi connectivity index (χ0v) is 10.1. The van der Waals surface area contributed by atoms with E-state index >= 15 is 0 Å². The van der Waals surface area contributed by atoms with Gasteiger partial charge in [-0.15, -0.1) is 0 Å². The number of rotatable bonds is 8. The largest absolute Gasteiger partial charge is 0.385 e. The lowest BCUT2D eigenvalue weighted by Crippen LogP contribution is -2.46. The Balaban J connectivity index is 3.90. The molecule has 0 bridgehead atoms. The van der Waals surface area contributed by atoms with Crippen LogP contribution in [0.3, 0.4) is 0 Å². The van der Waals surface area contributed by atoms with Crippen molar-refractivity contribution in [3.8, 4) is 0 Å². The summed E-state index contributed by atoms with van der Waals surface area (Å²) in [6, 6.07) is 0. The van der Waals surface area contributed by atoms with Gasteiger partial charge in [0.05, 0.1) is 0 Å². The quantitative estimate of drug-likeness (QED) is 0.596. The van der Waals surface area contributed by atoms with Crippen LogP contribution in [0, 0.1) is 0 Å². The zero-order chi connectivity index (χ0) is 11.7. The van der Waals surface area contributed by atoms with Gasteiger partial charge < -0.3 is 15.8 Å². The summed E-state index contributed by atoms with van der Waals surface area (Å²) in [4.78, 5) is 11.6. The van der Waals surface area contributed by atoms with Crippen molar-refractivity contribution in [2.45, 2.75) is 45.1 Å². The summed E-state index contributed by atoms with van der Waals surface area (Å²) in [7, 11) is 1.64. The number of methoxy groups -OCH3 is 1. The van der Waals surface area contributed by atoms with Crippen molar-refractivity contribution in [2.24, 2.45) is 5.73 Å². The molecule has 3 N–H and O–H groups in total. The van der Waals surface area contributed by atoms with Crippen molar-refractivity contribution in [1.29, 1.82) is 0 Å². The van der Waals surface area contributed by atoms with E-state index in [1.54, 1.807) is 7.11 Å². The molecule has 0 radical (unpaired) electrons. The molecule has 1 unspecified atom stereocenters. The fraction of sp³-hybridized carbons (Fsp3) is 0.909. The molecule has 90 valence electrons. The molecular weight excluding hydrogens is 192 g/mol. The number of nitrogens with one attached hydrogen (secondary N) is 1. The van der Waals surface area contributed by atoms with Gasteiger partial charge in [-0.25, -0.2) is 0 Å². The average Bonchev–Trinajstić information content (AvgIpc) is 2.18. The minimum Gasteiger partial charge on any atom is -0.385 e. The Kier molecular flexibility index (Phi) is 7.34. The molecule has 0 saturated heterocycles. The van der Waals surface area contributed by atoms with E-state index in [1.807, 2.05) is 6.92 Å². The first-order chi connectivity index (χ1) is 7.08. The Bertz CT molecular complexity index is 185. The van der Waals surface area contributed by atoms with E-state index in [0.717, 1.165) is 19.3 Å². The number of nitrogens with two attached hydrogens (primary N) is 1. The summed E-state index contributed by atoms with van der Waals surface area (Å²) in [6.45, 7) is 5.33. The third-order valence-corrected chi connectivity index (χ3v) is 2.67. The fourth-order valence-corrected chi connectivity index (χ4v) is 1.42. The normalized spacial score (nSPS) is 14.7. The highest BCUT2D eigenvalue weighted by molar-refractivity contribution is 5.76. The van der Waals surface area contributed by atoms with E-state index in [9.17, 15) is 4.79 Å². The lowest BCUT2D eigenvalue weighted by molar-refractivity contribution is -0.123. The van der Waals surface area contributed by atoms with Crippen molar-refractivity contribution in [3.63, 3.8) is 0 Å². The maximum absolute atomic E-state index is 11.6. The first kappa shape index (κ1) is 14.4. The second kappa shape index (κ2) is 7.65. The van der Waals surface area contributed by atoms with Crippen LogP contribution in [0.5, 0.6) is 0 Å². The minimum atomic E-state index is -0.154. The third kappa shape index (κ3) is 6.47. The number of amides is 1. The molecule has 0 saturated carbocycles. The van der Waals surface area contributed by atoms with Crippen LogP contribution in [-0.2, 0) is 9.53 Å². The Morgan fingerprint density at radius 3 is 2.67 bits per heavy atom. The number of ether oxygens (including phenoxy) is 1. The van der Waals surface area contributed by atoms with Crippen molar-refractivity contribution in [1.82, 2.24) is 5.32 Å². The van der Waals surface area contributed by atoms with Gasteiger partial charge in [0.1, 0.15) is 0 Å². The highest BCUT2D eigenvalue weighted by atomic mass is 16.5. The predicted octanol–water partition coefficient (Wildman–Crippen LogP) is 1.05. The molecule has 4 heteroatoms. The lowest BCUT2D eigenvalue weighted by atomic mass is 9.94. The van der Waals surface area contributed by atoms with E-state index < -0.39 is 0 Å². The smallest absolute Gasteiger partial charge is 0.220 e. The number of carbonyl (C=O) groups excluding carboxylic acids is 1. The van der Waals surface area contributed by atoms with E-state index in [4.69, 9.17) is 10.5 Å². The number of hydrogen-bond donors (Lipinski definition) is 2. The molecule has 4 nitrogen and oxygen atoms in total. The standard InChI is InChI=1S/C11H24N2O2/c1-4-11(2,7-8-12)13-10(14)6-5-9-15-3/h4-9,12H2,1-3H3,(H,13,14). The molecule has 1 amide bonds. The van der Waals surface area contributed by atoms with Crippen LogP contribution >= 0.6 is 0 Å². The van der Waals surface area contributed by atoms with Crippen LogP contribution in [0.2, 0.25) is 0 Å². The van der Waals surface area contributed by atoms with Gasteiger partial charge in [-0.3, -0.25) is 4.79 Å². The average molecular weight is 216 g/mol. The summed E-state index contributed by atoms with van der Waals surface area (Å²) in [6.07, 6.45) is 3.01. The highest BCUT2D eigenvalue weighted by Gasteiger charge is 2.22. The molecule has 0 rings (SSSR count). The van der Waals surface area contributed by atoms with Gasteiger partial charge in [0.15, 0.2) is 0 Å². The SMILES string of the molecule is CCC(C)(CCN)NC(=O)CCCOC. The molecule has 15 heavy (non-hydrogen) atoms. The topological polar surface area (TPSA) is 64.3 Å². The van der Waals surface area contributed by atoms with Gasteiger partial charge in [-0.05, 0) is 32.7 Å². The van der Waals surface area contributed by atoms with E-state index in [0.29, 0.717) is 19.6 Å². The molecule has 1 atom stereocenters. The third-order valence-electron chi connectivity index (χ3n) is 2.67. The van der Waals surface area contributed by atoms with Crippen LogP contribution in [0.15, 0.2) is 0 Å². The summed E-state index contributed by atoms with van der Waals surface area (Å²) in [5.74, 6) is 0.0878. The summed E-state index contributed by atoms with van der Waals surface area (Å²) in [5.41, 5.74) is 5.36. The van der Waals surface area contributed by atoms with Gasteiger partial charge >= 0.3 is 0 Å². The predicted molar refractivity (Wildman–Crippen MR) is 61.6 cm³/mol. The second-order valence-electron chi connectivity index (χ2n) is 4.10. The van der Waals surface area contributed by atoms with E-state index in [1.165, 1.54) is 0 Å². The molecule has 0 aliphatic heterocycles. The summed E-state index contributed by atoms with van der Waals surface area (Å²) in [5, 5.41) is 3.03.